The van der Waals surface area contributed by atoms with Crippen molar-refractivity contribution < 1.29 is 14.6 Å². The fourth-order valence-electron chi connectivity index (χ4n) is 2.39. The summed E-state index contributed by atoms with van der Waals surface area (Å²) in [6.45, 7) is 2.09. The standard InChI is InChI=1S/C15H21NO3S/c1-15(16-13(14(17)18)8-10-20-15)9-7-11-3-5-12(19-2)6-4-11/h3-6,13,16H,7-10H2,1-2H3,(H,17,18). The lowest BCUT2D eigenvalue weighted by atomic mass is 10.0. The number of hydrogen-bond acceptors (Lipinski definition) is 4. The first kappa shape index (κ1) is 15.2. The summed E-state index contributed by atoms with van der Waals surface area (Å²) in [5.74, 6) is 1.00. The van der Waals surface area contributed by atoms with E-state index in [0.717, 1.165) is 24.3 Å². The van der Waals surface area contributed by atoms with Gasteiger partial charge >= 0.3 is 5.97 Å². The van der Waals surface area contributed by atoms with Crippen LogP contribution in [-0.2, 0) is 11.2 Å². The van der Waals surface area contributed by atoms with Gasteiger partial charge in [-0.1, -0.05) is 12.1 Å². The van der Waals surface area contributed by atoms with Crippen LogP contribution < -0.4 is 10.1 Å². The quantitative estimate of drug-likeness (QED) is 0.874. The van der Waals surface area contributed by atoms with Gasteiger partial charge in [-0.05, 0) is 49.6 Å². The highest BCUT2D eigenvalue weighted by Crippen LogP contribution is 2.33. The Labute approximate surface area is 123 Å². The molecule has 2 atom stereocenters. The first-order valence-electron chi connectivity index (χ1n) is 6.80. The molecule has 4 nitrogen and oxygen atoms in total. The molecule has 1 aliphatic rings. The molecule has 0 saturated carbocycles. The summed E-state index contributed by atoms with van der Waals surface area (Å²) in [6, 6.07) is 7.62. The fraction of sp³-hybridized carbons (Fsp3) is 0.533. The summed E-state index contributed by atoms with van der Waals surface area (Å²) in [5, 5.41) is 12.4. The lowest BCUT2D eigenvalue weighted by molar-refractivity contribution is -0.140. The van der Waals surface area contributed by atoms with Gasteiger partial charge in [0.25, 0.3) is 0 Å². The number of aliphatic carboxylic acids is 1. The number of carboxylic acids is 1. The van der Waals surface area contributed by atoms with Crippen LogP contribution in [0, 0.1) is 0 Å². The smallest absolute Gasteiger partial charge is 0.320 e. The highest BCUT2D eigenvalue weighted by atomic mass is 32.2. The molecule has 0 amide bonds. The number of hydrogen-bond donors (Lipinski definition) is 2. The number of carbonyl (C=O) groups is 1. The molecule has 1 aliphatic heterocycles. The topological polar surface area (TPSA) is 58.6 Å². The van der Waals surface area contributed by atoms with Gasteiger partial charge in [0.05, 0.1) is 12.0 Å². The van der Waals surface area contributed by atoms with Gasteiger partial charge in [-0.2, -0.15) is 0 Å². The Balaban J connectivity index is 1.92. The van der Waals surface area contributed by atoms with Crippen LogP contribution in [0.15, 0.2) is 24.3 Å². The van der Waals surface area contributed by atoms with Gasteiger partial charge in [-0.3, -0.25) is 10.1 Å². The number of thioether (sulfide) groups is 1. The third-order valence-corrected chi connectivity index (χ3v) is 5.05. The van der Waals surface area contributed by atoms with Crippen LogP contribution in [0.1, 0.15) is 25.3 Å². The summed E-state index contributed by atoms with van der Waals surface area (Å²) >= 11 is 1.81. The average molecular weight is 295 g/mol. The van der Waals surface area contributed by atoms with Gasteiger partial charge < -0.3 is 9.84 Å². The first-order chi connectivity index (χ1) is 9.52. The normalized spacial score (nSPS) is 26.2. The Morgan fingerprint density at radius 3 is 2.80 bits per heavy atom. The molecule has 1 aromatic rings. The Morgan fingerprint density at radius 1 is 1.50 bits per heavy atom. The molecule has 5 heteroatoms. The van der Waals surface area contributed by atoms with Crippen molar-refractivity contribution in [3.63, 3.8) is 0 Å². The van der Waals surface area contributed by atoms with Crippen molar-refractivity contribution >= 4 is 17.7 Å². The minimum absolute atomic E-state index is 0.165. The van der Waals surface area contributed by atoms with E-state index in [9.17, 15) is 4.79 Å². The van der Waals surface area contributed by atoms with Crippen LogP contribution in [0.5, 0.6) is 5.75 Å². The van der Waals surface area contributed by atoms with Crippen molar-refractivity contribution in [2.75, 3.05) is 12.9 Å². The lowest BCUT2D eigenvalue weighted by Gasteiger charge is -2.37. The monoisotopic (exact) mass is 295 g/mol. The Morgan fingerprint density at radius 2 is 2.20 bits per heavy atom. The number of methoxy groups -OCH3 is 1. The molecule has 0 aromatic heterocycles. The van der Waals surface area contributed by atoms with E-state index in [1.165, 1.54) is 5.56 Å². The molecular formula is C15H21NO3S. The van der Waals surface area contributed by atoms with E-state index >= 15 is 0 Å². The van der Waals surface area contributed by atoms with Crippen LogP contribution in [0.4, 0.5) is 0 Å². The van der Waals surface area contributed by atoms with Gasteiger partial charge in [-0.25, -0.2) is 0 Å². The molecule has 0 bridgehead atoms. The van der Waals surface area contributed by atoms with Crippen LogP contribution in [0.25, 0.3) is 0 Å². The van der Waals surface area contributed by atoms with Crippen LogP contribution in [0.3, 0.4) is 0 Å². The fourth-order valence-corrected chi connectivity index (χ4v) is 3.67. The molecule has 20 heavy (non-hydrogen) atoms. The Hall–Kier alpha value is -1.20. The van der Waals surface area contributed by atoms with E-state index in [1.54, 1.807) is 7.11 Å². The maximum Gasteiger partial charge on any atom is 0.320 e. The SMILES string of the molecule is COc1ccc(CCC2(C)NC(C(=O)O)CCS2)cc1. The highest BCUT2D eigenvalue weighted by Gasteiger charge is 2.34. The van der Waals surface area contributed by atoms with E-state index in [0.29, 0.717) is 6.42 Å². The number of rotatable bonds is 5. The number of ether oxygens (including phenoxy) is 1. The number of aryl methyl sites for hydroxylation is 1. The number of carboxylic acid groups (broad SMARTS) is 1. The second kappa shape index (κ2) is 6.50. The molecule has 110 valence electrons. The first-order valence-corrected chi connectivity index (χ1v) is 7.78. The lowest BCUT2D eigenvalue weighted by Crippen LogP contribution is -2.53. The summed E-state index contributed by atoms with van der Waals surface area (Å²) in [4.78, 5) is 10.9. The summed E-state index contributed by atoms with van der Waals surface area (Å²) in [6.07, 6.45) is 2.53. The van der Waals surface area contributed by atoms with Crippen molar-refractivity contribution in [2.45, 2.75) is 37.1 Å². The van der Waals surface area contributed by atoms with Gasteiger partial charge in [-0.15, -0.1) is 11.8 Å². The van der Waals surface area contributed by atoms with Gasteiger partial charge in [0.2, 0.25) is 0 Å². The molecule has 1 saturated heterocycles. The molecule has 0 aliphatic carbocycles. The largest absolute Gasteiger partial charge is 0.497 e. The summed E-state index contributed by atoms with van der Waals surface area (Å²) in [5.41, 5.74) is 1.24. The average Bonchev–Trinajstić information content (AvgIpc) is 2.46. The Bertz CT molecular complexity index is 463. The van der Waals surface area contributed by atoms with Crippen molar-refractivity contribution in [3.05, 3.63) is 29.8 Å². The minimum atomic E-state index is -0.749. The van der Waals surface area contributed by atoms with Gasteiger partial charge in [0.15, 0.2) is 0 Å². The minimum Gasteiger partial charge on any atom is -0.497 e. The summed E-state index contributed by atoms with van der Waals surface area (Å²) < 4.78 is 5.14. The van der Waals surface area contributed by atoms with Crippen LogP contribution in [0.2, 0.25) is 0 Å². The second-order valence-electron chi connectivity index (χ2n) is 5.25. The second-order valence-corrected chi connectivity index (χ2v) is 6.85. The predicted molar refractivity (Wildman–Crippen MR) is 81.4 cm³/mol. The highest BCUT2D eigenvalue weighted by molar-refractivity contribution is 8.00. The molecule has 2 N–H and O–H groups in total. The Kier molecular flexibility index (Phi) is 4.94. The van der Waals surface area contributed by atoms with Crippen LogP contribution >= 0.6 is 11.8 Å². The zero-order valence-electron chi connectivity index (χ0n) is 11.9. The van der Waals surface area contributed by atoms with Crippen LogP contribution in [-0.4, -0.2) is 34.9 Å². The molecule has 1 heterocycles. The van der Waals surface area contributed by atoms with Gasteiger partial charge in [0, 0.05) is 0 Å². The van der Waals surface area contributed by atoms with Crippen molar-refractivity contribution in [3.8, 4) is 5.75 Å². The van der Waals surface area contributed by atoms with Crippen molar-refractivity contribution in [1.82, 2.24) is 5.32 Å². The van der Waals surface area contributed by atoms with E-state index < -0.39 is 12.0 Å². The van der Waals surface area contributed by atoms with Crippen molar-refractivity contribution in [1.29, 1.82) is 0 Å². The van der Waals surface area contributed by atoms with E-state index in [-0.39, 0.29) is 4.87 Å². The maximum absolute atomic E-state index is 11.1. The molecule has 1 aromatic carbocycles. The molecule has 0 spiro atoms. The molecule has 1 fully saturated rings. The van der Waals surface area contributed by atoms with E-state index in [4.69, 9.17) is 9.84 Å². The van der Waals surface area contributed by atoms with E-state index in [2.05, 4.69) is 24.4 Å². The molecule has 0 radical (unpaired) electrons. The van der Waals surface area contributed by atoms with E-state index in [1.807, 2.05) is 23.9 Å². The maximum atomic E-state index is 11.1. The zero-order chi connectivity index (χ0) is 14.6. The number of benzene rings is 1. The van der Waals surface area contributed by atoms with Crippen molar-refractivity contribution in [2.24, 2.45) is 0 Å². The summed E-state index contributed by atoms with van der Waals surface area (Å²) in [7, 11) is 1.66. The van der Waals surface area contributed by atoms with Gasteiger partial charge in [0.1, 0.15) is 11.8 Å². The number of nitrogens with one attached hydrogen (secondary N) is 1. The molecule has 2 rings (SSSR count). The predicted octanol–water partition coefficient (Wildman–Crippen LogP) is 2.52. The molecular weight excluding hydrogens is 274 g/mol. The third kappa shape index (κ3) is 3.90. The third-order valence-electron chi connectivity index (χ3n) is 3.65. The zero-order valence-corrected chi connectivity index (χ0v) is 12.7. The molecule has 2 unspecified atom stereocenters.